The molecule has 0 amide bonds. The normalized spacial score (nSPS) is 17.0. The zero-order valence-electron chi connectivity index (χ0n) is 14.7. The van der Waals surface area contributed by atoms with Gasteiger partial charge in [-0.2, -0.15) is 0 Å². The standard InChI is InChI=1S/C19H38OSi/c1-4-5-6-7-8-9-10-11-15-18-20-21(2,3)19-16-13-12-14-17-19/h4,19H,1,5-18H2,2-3H3. The summed E-state index contributed by atoms with van der Waals surface area (Å²) < 4.78 is 6.36. The monoisotopic (exact) mass is 310 g/mol. The molecule has 0 aromatic heterocycles. The second kappa shape index (κ2) is 11.5. The smallest absolute Gasteiger partial charge is 0.189 e. The van der Waals surface area contributed by atoms with Crippen molar-refractivity contribution in [3.63, 3.8) is 0 Å². The Morgan fingerprint density at radius 1 is 0.905 bits per heavy atom. The minimum absolute atomic E-state index is 0.927. The fourth-order valence-electron chi connectivity index (χ4n) is 3.53. The van der Waals surface area contributed by atoms with Crippen LogP contribution in [-0.2, 0) is 4.43 Å². The van der Waals surface area contributed by atoms with Crippen molar-refractivity contribution in [1.29, 1.82) is 0 Å². The van der Waals surface area contributed by atoms with Crippen molar-refractivity contribution in [2.45, 2.75) is 102 Å². The van der Waals surface area contributed by atoms with Crippen LogP contribution in [0.15, 0.2) is 12.7 Å². The molecule has 0 aromatic carbocycles. The van der Waals surface area contributed by atoms with Crippen molar-refractivity contribution in [1.82, 2.24) is 0 Å². The van der Waals surface area contributed by atoms with E-state index < -0.39 is 8.32 Å². The number of hydrogen-bond donors (Lipinski definition) is 0. The molecule has 0 aromatic rings. The predicted octanol–water partition coefficient (Wildman–Crippen LogP) is 6.85. The van der Waals surface area contributed by atoms with Crippen LogP contribution >= 0.6 is 0 Å². The first-order valence-corrected chi connectivity index (χ1v) is 12.4. The Morgan fingerprint density at radius 3 is 2.10 bits per heavy atom. The molecule has 1 rings (SSSR count). The molecule has 1 saturated carbocycles. The van der Waals surface area contributed by atoms with Crippen LogP contribution in [0, 0.1) is 0 Å². The van der Waals surface area contributed by atoms with Gasteiger partial charge in [0.1, 0.15) is 0 Å². The van der Waals surface area contributed by atoms with E-state index in [1.165, 1.54) is 83.5 Å². The molecule has 1 aliphatic rings. The van der Waals surface area contributed by atoms with Gasteiger partial charge in [0.25, 0.3) is 0 Å². The predicted molar refractivity (Wildman–Crippen MR) is 97.4 cm³/mol. The van der Waals surface area contributed by atoms with E-state index in [4.69, 9.17) is 4.43 Å². The first-order valence-electron chi connectivity index (χ1n) is 9.41. The lowest BCUT2D eigenvalue weighted by Crippen LogP contribution is -2.38. The highest BCUT2D eigenvalue weighted by atomic mass is 28.4. The SMILES string of the molecule is C=CCCCCCCCCCO[Si](C)(C)C1CCCCC1. The van der Waals surface area contributed by atoms with Crippen molar-refractivity contribution in [3.8, 4) is 0 Å². The second-order valence-electron chi connectivity index (χ2n) is 7.34. The van der Waals surface area contributed by atoms with Gasteiger partial charge in [0.05, 0.1) is 0 Å². The van der Waals surface area contributed by atoms with E-state index in [0.717, 1.165) is 12.1 Å². The van der Waals surface area contributed by atoms with Crippen molar-refractivity contribution in [2.24, 2.45) is 0 Å². The van der Waals surface area contributed by atoms with E-state index in [0.29, 0.717) is 0 Å². The fraction of sp³-hybridized carbons (Fsp3) is 0.895. The third kappa shape index (κ3) is 8.82. The summed E-state index contributed by atoms with van der Waals surface area (Å²) in [7, 11) is -1.40. The van der Waals surface area contributed by atoms with E-state index in [2.05, 4.69) is 19.7 Å². The topological polar surface area (TPSA) is 9.23 Å². The largest absolute Gasteiger partial charge is 0.417 e. The third-order valence-electron chi connectivity index (χ3n) is 5.11. The summed E-state index contributed by atoms with van der Waals surface area (Å²) in [6.07, 6.45) is 20.0. The summed E-state index contributed by atoms with van der Waals surface area (Å²) >= 11 is 0. The molecule has 1 aliphatic carbocycles. The molecule has 1 nitrogen and oxygen atoms in total. The van der Waals surface area contributed by atoms with E-state index >= 15 is 0 Å². The Labute approximate surface area is 134 Å². The Hall–Kier alpha value is -0.0831. The van der Waals surface area contributed by atoms with Crippen LogP contribution < -0.4 is 0 Å². The van der Waals surface area contributed by atoms with E-state index in [-0.39, 0.29) is 0 Å². The highest BCUT2D eigenvalue weighted by Gasteiger charge is 2.34. The molecule has 124 valence electrons. The summed E-state index contributed by atoms with van der Waals surface area (Å²) in [5.41, 5.74) is 0.927. The number of unbranched alkanes of at least 4 members (excludes halogenated alkanes) is 7. The average Bonchev–Trinajstić information content (AvgIpc) is 2.50. The van der Waals surface area contributed by atoms with Crippen LogP contribution in [0.5, 0.6) is 0 Å². The first kappa shape index (κ1) is 19.0. The molecule has 0 atom stereocenters. The lowest BCUT2D eigenvalue weighted by atomic mass is 10.0. The van der Waals surface area contributed by atoms with Crippen LogP contribution in [-0.4, -0.2) is 14.9 Å². The van der Waals surface area contributed by atoms with Crippen LogP contribution in [0.3, 0.4) is 0 Å². The van der Waals surface area contributed by atoms with Gasteiger partial charge < -0.3 is 4.43 Å². The zero-order valence-corrected chi connectivity index (χ0v) is 15.7. The van der Waals surface area contributed by atoms with Gasteiger partial charge in [-0.05, 0) is 37.9 Å². The molecular formula is C19H38OSi. The van der Waals surface area contributed by atoms with Gasteiger partial charge in [-0.25, -0.2) is 0 Å². The van der Waals surface area contributed by atoms with Gasteiger partial charge in [0.15, 0.2) is 8.32 Å². The van der Waals surface area contributed by atoms with E-state index in [1.807, 2.05) is 6.08 Å². The highest BCUT2D eigenvalue weighted by Crippen LogP contribution is 2.37. The van der Waals surface area contributed by atoms with Gasteiger partial charge in [-0.1, -0.05) is 70.3 Å². The van der Waals surface area contributed by atoms with Crippen LogP contribution in [0.2, 0.25) is 18.6 Å². The summed E-state index contributed by atoms with van der Waals surface area (Å²) in [4.78, 5) is 0. The van der Waals surface area contributed by atoms with Gasteiger partial charge in [-0.3, -0.25) is 0 Å². The van der Waals surface area contributed by atoms with Crippen molar-refractivity contribution >= 4 is 8.32 Å². The van der Waals surface area contributed by atoms with Crippen molar-refractivity contribution in [2.75, 3.05) is 6.61 Å². The molecule has 0 saturated heterocycles. The molecule has 0 bridgehead atoms. The van der Waals surface area contributed by atoms with E-state index in [1.54, 1.807) is 0 Å². The Bertz CT molecular complexity index is 256. The van der Waals surface area contributed by atoms with Crippen LogP contribution in [0.25, 0.3) is 0 Å². The maximum absolute atomic E-state index is 6.36. The lowest BCUT2D eigenvalue weighted by molar-refractivity contribution is 0.277. The second-order valence-corrected chi connectivity index (χ2v) is 11.7. The summed E-state index contributed by atoms with van der Waals surface area (Å²) in [5.74, 6) is 0. The maximum Gasteiger partial charge on any atom is 0.189 e. The van der Waals surface area contributed by atoms with Gasteiger partial charge in [0.2, 0.25) is 0 Å². The molecular weight excluding hydrogens is 272 g/mol. The lowest BCUT2D eigenvalue weighted by Gasteiger charge is -2.34. The van der Waals surface area contributed by atoms with Gasteiger partial charge in [-0.15, -0.1) is 6.58 Å². The molecule has 2 heteroatoms. The van der Waals surface area contributed by atoms with Crippen LogP contribution in [0.1, 0.15) is 83.5 Å². The number of allylic oxidation sites excluding steroid dienone is 1. The number of hydrogen-bond acceptors (Lipinski definition) is 1. The maximum atomic E-state index is 6.36. The molecule has 0 heterocycles. The highest BCUT2D eigenvalue weighted by molar-refractivity contribution is 6.72. The molecule has 0 radical (unpaired) electrons. The van der Waals surface area contributed by atoms with Gasteiger partial charge in [0, 0.05) is 6.61 Å². The Kier molecular flexibility index (Phi) is 10.4. The van der Waals surface area contributed by atoms with Crippen molar-refractivity contribution < 1.29 is 4.43 Å². The van der Waals surface area contributed by atoms with Crippen molar-refractivity contribution in [3.05, 3.63) is 12.7 Å². The van der Waals surface area contributed by atoms with Gasteiger partial charge >= 0.3 is 0 Å². The first-order chi connectivity index (χ1) is 10.2. The molecule has 0 aliphatic heterocycles. The Morgan fingerprint density at radius 2 is 1.48 bits per heavy atom. The summed E-state index contributed by atoms with van der Waals surface area (Å²) in [6.45, 7) is 9.69. The van der Waals surface area contributed by atoms with Crippen LogP contribution in [0.4, 0.5) is 0 Å². The molecule has 0 spiro atoms. The number of rotatable bonds is 12. The molecule has 0 unspecified atom stereocenters. The summed E-state index contributed by atoms with van der Waals surface area (Å²) in [5, 5.41) is 0. The summed E-state index contributed by atoms with van der Waals surface area (Å²) in [6, 6.07) is 0. The minimum atomic E-state index is -1.40. The Balaban J connectivity index is 1.94. The fourth-order valence-corrected chi connectivity index (χ4v) is 6.23. The molecule has 21 heavy (non-hydrogen) atoms. The quantitative estimate of drug-likeness (QED) is 0.217. The average molecular weight is 311 g/mol. The molecule has 1 fully saturated rings. The van der Waals surface area contributed by atoms with E-state index in [9.17, 15) is 0 Å². The molecule has 0 N–H and O–H groups in total. The third-order valence-corrected chi connectivity index (χ3v) is 8.61. The zero-order chi connectivity index (χ0) is 15.4. The minimum Gasteiger partial charge on any atom is -0.417 e.